The Bertz CT molecular complexity index is 4100. The van der Waals surface area contributed by atoms with Crippen LogP contribution in [0.3, 0.4) is 0 Å². The number of hydrogen-bond donors (Lipinski definition) is 11. The van der Waals surface area contributed by atoms with Crippen LogP contribution in [-0.2, 0) is 62.4 Å². The molecule has 4 aliphatic rings. The summed E-state index contributed by atoms with van der Waals surface area (Å²) in [4.78, 5) is 79.5. The molecule has 7 atom stereocenters. The molecule has 1 fully saturated rings. The fourth-order valence-electron chi connectivity index (χ4n) is 11.4. The summed E-state index contributed by atoms with van der Waals surface area (Å²) in [6.07, 6.45) is 7.86. The number of rotatable bonds is 25. The minimum atomic E-state index is -5.69. The van der Waals surface area contributed by atoms with Crippen molar-refractivity contribution in [2.24, 2.45) is 5.41 Å². The molecule has 91 heavy (non-hydrogen) atoms. The number of anilines is 2. The number of ether oxygens (including phenoxy) is 3. The summed E-state index contributed by atoms with van der Waals surface area (Å²) in [7, 11) is -26.0. The molecule has 0 radical (unpaired) electrons. The first-order valence-corrected chi connectivity index (χ1v) is 36.1. The van der Waals surface area contributed by atoms with Gasteiger partial charge in [0.1, 0.15) is 42.1 Å². The average Bonchev–Trinajstić information content (AvgIpc) is 1.11. The van der Waals surface area contributed by atoms with Crippen molar-refractivity contribution in [3.05, 3.63) is 108 Å². The lowest BCUT2D eigenvalue weighted by Gasteiger charge is -2.43. The summed E-state index contributed by atoms with van der Waals surface area (Å²) in [5.74, 6) is 0.344. The standard InChI is InChI=1S/C55H73N10O21P3S2/c1-9-65-40-28-41-37(27-36(40)33(2)29-54(65,6)7)34(25-44(83-41)53(3,4)5)15-11-10-12-16-43-55(8,38-26-35(91(79,80)81)18-19-39(38)63(43)23-14-24-90(76,77)78)20-13-17-45(66)57-21-22-58-52(68)85-48-42(30-82-89(74,75)86-88(72,73)62-87(69,70)71)84-51(47(48)67)64-32-61-46-49(56)59-31-60-50(46)64/h10-12,15-16,18-19,25-29,31-32,42,47-48,51,67H,9,13-14,17,20-24,30H2,1-8H3,(H10-,56,57,58,59,60,62,66,68,69,70,71,72,73,74,75,76,77,78,79,80,81)/p+1/t42-,47-,48-,51-,55?/m1/s1. The first-order chi connectivity index (χ1) is 42.2. The van der Waals surface area contributed by atoms with Gasteiger partial charge in [0.2, 0.25) is 11.6 Å². The highest BCUT2D eigenvalue weighted by atomic mass is 32.2. The van der Waals surface area contributed by atoms with E-state index in [1.54, 1.807) is 22.8 Å². The van der Waals surface area contributed by atoms with Crippen molar-refractivity contribution in [1.82, 2.24) is 35.0 Å². The highest BCUT2D eigenvalue weighted by Crippen LogP contribution is 2.61. The number of carbonyl (C=O) groups excluding carboxylic acids is 2. The van der Waals surface area contributed by atoms with Gasteiger partial charge in [-0.05, 0) is 82.9 Å². The summed E-state index contributed by atoms with van der Waals surface area (Å²) >= 11 is 0. The highest BCUT2D eigenvalue weighted by Gasteiger charge is 2.51. The summed E-state index contributed by atoms with van der Waals surface area (Å²) in [5, 5.41) is 16.5. The number of fused-ring (bicyclic) bond motifs is 4. The molecular formula is C55H74N10O21P3S2+. The number of hydrogen-bond acceptors (Lipinski definition) is 20. The lowest BCUT2D eigenvalue weighted by molar-refractivity contribution is -0.437. The number of nitrogens with two attached hydrogens (primary N) is 1. The lowest BCUT2D eigenvalue weighted by atomic mass is 9.75. The van der Waals surface area contributed by atoms with Crippen molar-refractivity contribution in [2.75, 3.05) is 49.2 Å². The molecule has 2 amide bonds. The van der Waals surface area contributed by atoms with Crippen molar-refractivity contribution < 1.29 is 102 Å². The molecule has 36 heteroatoms. The van der Waals surface area contributed by atoms with E-state index in [1.807, 2.05) is 25.2 Å². The van der Waals surface area contributed by atoms with Gasteiger partial charge in [-0.25, -0.2) is 33.4 Å². The van der Waals surface area contributed by atoms with Crippen LogP contribution in [0.15, 0.2) is 96.2 Å². The molecule has 2 aromatic heterocycles. The van der Waals surface area contributed by atoms with E-state index in [1.165, 1.54) is 22.8 Å². The van der Waals surface area contributed by atoms with Crippen LogP contribution in [0.4, 0.5) is 22.0 Å². The molecule has 0 spiro atoms. The number of aliphatic hydroxyl groups is 1. The number of benzene rings is 2. The van der Waals surface area contributed by atoms with Crippen molar-refractivity contribution in [3.8, 4) is 5.75 Å². The van der Waals surface area contributed by atoms with E-state index >= 15 is 0 Å². The number of amides is 2. The number of nitrogens with zero attached hydrogens (tertiary/aromatic N) is 6. The second-order valence-electron chi connectivity index (χ2n) is 23.6. The molecule has 31 nitrogen and oxygen atoms in total. The zero-order chi connectivity index (χ0) is 67.0. The smallest absolute Gasteiger partial charge is 0.460 e. The fraction of sp³-hybridized carbons (Fsp3) is 0.455. The third kappa shape index (κ3) is 16.9. The maximum absolute atomic E-state index is 13.5. The van der Waals surface area contributed by atoms with E-state index in [2.05, 4.69) is 101 Å². The summed E-state index contributed by atoms with van der Waals surface area (Å²) in [6.45, 7) is 15.8. The van der Waals surface area contributed by atoms with Crippen LogP contribution in [0.2, 0.25) is 0 Å². The van der Waals surface area contributed by atoms with E-state index in [9.17, 15) is 64.1 Å². The molecule has 0 saturated carbocycles. The number of nitrogens with one attached hydrogen (secondary N) is 3. The van der Waals surface area contributed by atoms with E-state index < -0.39 is 103 Å². The van der Waals surface area contributed by atoms with Crippen molar-refractivity contribution in [3.63, 3.8) is 0 Å². The third-order valence-electron chi connectivity index (χ3n) is 15.4. The molecule has 2 aromatic carbocycles. The van der Waals surface area contributed by atoms with Gasteiger partial charge >= 0.3 is 29.4 Å². The van der Waals surface area contributed by atoms with Crippen LogP contribution in [-0.4, -0.2) is 155 Å². The monoisotopic (exact) mass is 1370 g/mol. The molecule has 4 aromatic rings. The first kappa shape index (κ1) is 70.5. The Morgan fingerprint density at radius 2 is 1.66 bits per heavy atom. The molecule has 8 rings (SSSR count). The number of aliphatic hydroxyl groups excluding tert-OH is 1. The number of nitrogen functional groups attached to an aromatic ring is 1. The van der Waals surface area contributed by atoms with Gasteiger partial charge in [0.25, 0.3) is 20.2 Å². The SMILES string of the molecule is CCN1c2cc3c(cc2C(C)=CC1(C)C)C(=CC=CC=CC1=[N+](CCCS(=O)(=O)O)c2ccc(S(=O)(=O)O)cc2C1(C)CCCC(=O)NCCNC(=O)O[C@H]1[C@@H](O)[C@H](n2cnc4c(N)ncnc42)O[C@@H]1COP(=O)(O)OP(=O)(O)NP(=O)(O)O)C=C(C(C)(C)C)O3. The highest BCUT2D eigenvalue weighted by molar-refractivity contribution is 7.86. The molecule has 12 N–H and O–H groups in total. The van der Waals surface area contributed by atoms with E-state index in [4.69, 9.17) is 34.3 Å². The molecule has 0 bridgehead atoms. The van der Waals surface area contributed by atoms with Gasteiger partial charge in [0, 0.05) is 78.5 Å². The van der Waals surface area contributed by atoms with Gasteiger partial charge in [0.15, 0.2) is 29.5 Å². The zero-order valence-corrected chi connectivity index (χ0v) is 55.0. The Hall–Kier alpha value is -6.35. The molecular weight excluding hydrogens is 1290 g/mol. The normalized spacial score (nSPS) is 22.7. The van der Waals surface area contributed by atoms with Crippen molar-refractivity contribution in [2.45, 2.75) is 121 Å². The quantitative estimate of drug-likeness (QED) is 0.0118. The molecule has 3 unspecified atom stereocenters. The van der Waals surface area contributed by atoms with Crippen LogP contribution in [0.25, 0.3) is 22.3 Å². The number of phosphoric ester groups is 1. The Morgan fingerprint density at radius 3 is 2.33 bits per heavy atom. The number of aromatic nitrogens is 4. The molecule has 0 aliphatic carbocycles. The number of allylic oxidation sites excluding steroid dienone is 9. The van der Waals surface area contributed by atoms with Crippen molar-refractivity contribution >= 4 is 101 Å². The lowest BCUT2D eigenvalue weighted by Crippen LogP contribution is -2.45. The van der Waals surface area contributed by atoms with Crippen molar-refractivity contribution in [1.29, 1.82) is 0 Å². The Labute approximate surface area is 524 Å². The minimum Gasteiger partial charge on any atom is -0.460 e. The minimum absolute atomic E-state index is 0.0275. The summed E-state index contributed by atoms with van der Waals surface area (Å²) < 4.78 is 135. The van der Waals surface area contributed by atoms with E-state index in [0.29, 0.717) is 22.7 Å². The maximum Gasteiger partial charge on any atom is 0.480 e. The molecule has 1 saturated heterocycles. The largest absolute Gasteiger partial charge is 0.480 e. The third-order valence-corrected chi connectivity index (χ3v) is 21.3. The van der Waals surface area contributed by atoms with Gasteiger partial charge in [-0.15, -0.1) is 4.86 Å². The van der Waals surface area contributed by atoms with E-state index in [-0.39, 0.29) is 73.3 Å². The predicted octanol–water partition coefficient (Wildman–Crippen LogP) is 6.09. The van der Waals surface area contributed by atoms with Crippen LogP contribution in [0.5, 0.6) is 5.75 Å². The molecule has 6 heterocycles. The second-order valence-corrected chi connectivity index (χ2v) is 31.4. The number of imidazole rings is 1. The number of carbonyl (C=O) groups is 2. The Kier molecular flexibility index (Phi) is 20.9. The van der Waals surface area contributed by atoms with Gasteiger partial charge < -0.3 is 60.2 Å². The van der Waals surface area contributed by atoms with Crippen LogP contribution < -0.4 is 30.9 Å². The van der Waals surface area contributed by atoms with Gasteiger partial charge in [-0.1, -0.05) is 51.2 Å². The van der Waals surface area contributed by atoms with Gasteiger partial charge in [0.05, 0.1) is 34.5 Å². The molecule has 496 valence electrons. The van der Waals surface area contributed by atoms with Crippen LogP contribution in [0.1, 0.15) is 104 Å². The predicted molar refractivity (Wildman–Crippen MR) is 333 cm³/mol. The topological polar surface area (TPSA) is 453 Å². The van der Waals surface area contributed by atoms with E-state index in [0.717, 1.165) is 57.8 Å². The second kappa shape index (κ2) is 26.9. The van der Waals surface area contributed by atoms with Gasteiger partial charge in [-0.2, -0.15) is 25.7 Å². The summed E-state index contributed by atoms with van der Waals surface area (Å²) in [5.41, 5.74) is 10.9. The first-order valence-electron chi connectivity index (χ1n) is 28.4. The van der Waals surface area contributed by atoms with Crippen LogP contribution >= 0.6 is 23.3 Å². The number of likely N-dealkylation sites (N-methyl/N-ethyl adjacent to an activating group) is 1. The zero-order valence-electron chi connectivity index (χ0n) is 50.7. The molecule has 4 aliphatic heterocycles. The average molecular weight is 1370 g/mol. The number of alkyl carbamates (subject to hydrolysis) is 1. The fourth-order valence-corrected chi connectivity index (χ4v) is 15.8. The van der Waals surface area contributed by atoms with Crippen LogP contribution in [0, 0.1) is 5.41 Å². The maximum atomic E-state index is 13.5. The van der Waals surface area contributed by atoms with Gasteiger partial charge in [-0.3, -0.25) is 23.0 Å². The Morgan fingerprint density at radius 1 is 0.945 bits per heavy atom. The number of phosphoric acid groups is 1. The Balaban J connectivity index is 0.970. The summed E-state index contributed by atoms with van der Waals surface area (Å²) in [6, 6.07) is 8.29.